The van der Waals surface area contributed by atoms with Gasteiger partial charge in [0.05, 0.1) is 5.92 Å². The number of aromatic nitrogens is 3. The van der Waals surface area contributed by atoms with Crippen LogP contribution in [0, 0.1) is 5.92 Å². The summed E-state index contributed by atoms with van der Waals surface area (Å²) in [5.74, 6) is 0.603. The maximum atomic E-state index is 11.3. The van der Waals surface area contributed by atoms with Gasteiger partial charge < -0.3 is 10.0 Å². The molecular formula is C16H19BrN4O2. The zero-order valence-corrected chi connectivity index (χ0v) is 14.5. The van der Waals surface area contributed by atoms with Gasteiger partial charge in [0.15, 0.2) is 5.82 Å². The average molecular weight is 379 g/mol. The van der Waals surface area contributed by atoms with Crippen molar-refractivity contribution in [3.05, 3.63) is 22.6 Å². The van der Waals surface area contributed by atoms with E-state index in [4.69, 9.17) is 0 Å². The molecule has 2 aromatic rings. The third-order valence-corrected chi connectivity index (χ3v) is 5.60. The summed E-state index contributed by atoms with van der Waals surface area (Å²) in [6.45, 7) is 2.81. The molecule has 7 heteroatoms. The van der Waals surface area contributed by atoms with E-state index in [0.717, 1.165) is 22.5 Å². The number of hydrogen-bond donors (Lipinski definition) is 1. The van der Waals surface area contributed by atoms with Gasteiger partial charge in [-0.15, -0.1) is 0 Å². The molecule has 2 fully saturated rings. The molecule has 0 spiro atoms. The van der Waals surface area contributed by atoms with Crippen LogP contribution < -0.4 is 4.90 Å². The molecule has 0 amide bonds. The fourth-order valence-corrected chi connectivity index (χ4v) is 4.16. The Morgan fingerprint density at radius 2 is 2.17 bits per heavy atom. The number of piperidine rings is 1. The van der Waals surface area contributed by atoms with Crippen LogP contribution in [0.3, 0.4) is 0 Å². The van der Waals surface area contributed by atoms with Gasteiger partial charge in [-0.2, -0.15) is 5.10 Å². The molecule has 1 saturated heterocycles. The number of anilines is 1. The molecular weight excluding hydrogens is 360 g/mol. The van der Waals surface area contributed by atoms with Crippen LogP contribution in [0.25, 0.3) is 5.52 Å². The molecule has 2 aromatic heterocycles. The summed E-state index contributed by atoms with van der Waals surface area (Å²) < 4.78 is 2.86. The van der Waals surface area contributed by atoms with Crippen LogP contribution in [0.2, 0.25) is 0 Å². The number of carboxylic acid groups (broad SMARTS) is 1. The zero-order chi connectivity index (χ0) is 16.1. The Balaban J connectivity index is 1.76. The highest BCUT2D eigenvalue weighted by Gasteiger charge is 2.34. The minimum Gasteiger partial charge on any atom is -0.481 e. The summed E-state index contributed by atoms with van der Waals surface area (Å²) in [6.07, 6.45) is 5.34. The standard InChI is InChI=1S/C16H19BrN4O2/c1-9-6-11(16(22)23)4-5-20(9)15-14-12(10-2-3-10)7-13(17)21(14)19-8-18-15/h7-11H,2-6H2,1H3,(H,22,23)/t9-,11?/m0/s1. The molecule has 1 unspecified atom stereocenters. The second kappa shape index (κ2) is 5.47. The zero-order valence-electron chi connectivity index (χ0n) is 12.9. The van der Waals surface area contributed by atoms with Crippen molar-refractivity contribution in [2.75, 3.05) is 11.4 Å². The average Bonchev–Trinajstić information content (AvgIpc) is 3.32. The largest absolute Gasteiger partial charge is 0.481 e. The van der Waals surface area contributed by atoms with E-state index in [9.17, 15) is 9.90 Å². The highest BCUT2D eigenvalue weighted by Crippen LogP contribution is 2.45. The fourth-order valence-electron chi connectivity index (χ4n) is 3.64. The summed E-state index contributed by atoms with van der Waals surface area (Å²) in [6, 6.07) is 2.31. The van der Waals surface area contributed by atoms with Crippen LogP contribution >= 0.6 is 15.9 Å². The number of hydrogen-bond acceptors (Lipinski definition) is 4. The monoisotopic (exact) mass is 378 g/mol. The molecule has 1 saturated carbocycles. The van der Waals surface area contributed by atoms with E-state index < -0.39 is 5.97 Å². The summed E-state index contributed by atoms with van der Waals surface area (Å²) in [4.78, 5) is 18.1. The van der Waals surface area contributed by atoms with E-state index in [2.05, 4.69) is 43.9 Å². The van der Waals surface area contributed by atoms with Crippen molar-refractivity contribution >= 4 is 33.2 Å². The second-order valence-corrected chi connectivity index (χ2v) is 7.46. The fraction of sp³-hybridized carbons (Fsp3) is 0.562. The molecule has 0 aromatic carbocycles. The molecule has 23 heavy (non-hydrogen) atoms. The third-order valence-electron chi connectivity index (χ3n) is 5.04. The summed E-state index contributed by atoms with van der Waals surface area (Å²) >= 11 is 3.59. The van der Waals surface area contributed by atoms with Crippen molar-refractivity contribution in [1.82, 2.24) is 14.6 Å². The predicted molar refractivity (Wildman–Crippen MR) is 89.8 cm³/mol. The normalized spacial score (nSPS) is 25.0. The first-order valence-corrected chi connectivity index (χ1v) is 8.87. The lowest BCUT2D eigenvalue weighted by Gasteiger charge is -2.37. The highest BCUT2D eigenvalue weighted by atomic mass is 79.9. The Kier molecular flexibility index (Phi) is 3.55. The lowest BCUT2D eigenvalue weighted by atomic mass is 9.91. The van der Waals surface area contributed by atoms with Crippen molar-refractivity contribution in [2.45, 2.75) is 44.6 Å². The van der Waals surface area contributed by atoms with E-state index in [1.54, 1.807) is 6.33 Å². The quantitative estimate of drug-likeness (QED) is 0.888. The second-order valence-electron chi connectivity index (χ2n) is 6.64. The highest BCUT2D eigenvalue weighted by molar-refractivity contribution is 9.10. The Bertz CT molecular complexity index is 771. The third kappa shape index (κ3) is 2.51. The number of nitrogens with zero attached hydrogens (tertiary/aromatic N) is 4. The molecule has 122 valence electrons. The minimum absolute atomic E-state index is 0.157. The smallest absolute Gasteiger partial charge is 0.306 e. The number of halogens is 1. The van der Waals surface area contributed by atoms with Crippen LogP contribution in [-0.4, -0.2) is 38.3 Å². The van der Waals surface area contributed by atoms with Crippen molar-refractivity contribution in [2.24, 2.45) is 5.92 Å². The van der Waals surface area contributed by atoms with Gasteiger partial charge in [-0.1, -0.05) is 0 Å². The first-order valence-electron chi connectivity index (χ1n) is 8.08. The molecule has 4 rings (SSSR count). The molecule has 3 heterocycles. The molecule has 0 bridgehead atoms. The molecule has 2 aliphatic rings. The molecule has 0 radical (unpaired) electrons. The first kappa shape index (κ1) is 14.9. The number of carbonyl (C=O) groups is 1. The van der Waals surface area contributed by atoms with E-state index >= 15 is 0 Å². The topological polar surface area (TPSA) is 70.7 Å². The molecule has 1 N–H and O–H groups in total. The lowest BCUT2D eigenvalue weighted by Crippen LogP contribution is -2.43. The van der Waals surface area contributed by atoms with Crippen LogP contribution in [0.5, 0.6) is 0 Å². The van der Waals surface area contributed by atoms with Crippen LogP contribution in [0.4, 0.5) is 5.82 Å². The Labute approximate surface area is 142 Å². The van der Waals surface area contributed by atoms with Gasteiger partial charge in [-0.25, -0.2) is 9.50 Å². The Hall–Kier alpha value is -1.63. The first-order chi connectivity index (χ1) is 11.1. The predicted octanol–water partition coefficient (Wildman–Crippen LogP) is 3.06. The van der Waals surface area contributed by atoms with E-state index in [0.29, 0.717) is 18.8 Å². The van der Waals surface area contributed by atoms with Gasteiger partial charge in [-0.05, 0) is 66.1 Å². The maximum Gasteiger partial charge on any atom is 0.306 e. The van der Waals surface area contributed by atoms with Crippen LogP contribution in [0.15, 0.2) is 17.0 Å². The lowest BCUT2D eigenvalue weighted by molar-refractivity contribution is -0.142. The van der Waals surface area contributed by atoms with Crippen molar-refractivity contribution in [1.29, 1.82) is 0 Å². The van der Waals surface area contributed by atoms with Gasteiger partial charge in [-0.3, -0.25) is 4.79 Å². The van der Waals surface area contributed by atoms with Crippen molar-refractivity contribution < 1.29 is 9.90 Å². The van der Waals surface area contributed by atoms with Gasteiger partial charge in [0, 0.05) is 12.6 Å². The Morgan fingerprint density at radius 1 is 1.39 bits per heavy atom. The molecule has 2 atom stereocenters. The number of fused-ring (bicyclic) bond motifs is 1. The van der Waals surface area contributed by atoms with Gasteiger partial charge in [0.1, 0.15) is 16.4 Å². The summed E-state index contributed by atoms with van der Waals surface area (Å²) in [7, 11) is 0. The maximum absolute atomic E-state index is 11.3. The van der Waals surface area contributed by atoms with Crippen molar-refractivity contribution in [3.8, 4) is 0 Å². The SMILES string of the molecule is C[C@H]1CC(C(=O)O)CCN1c1ncnn2c(Br)cc(C3CC3)c12. The summed E-state index contributed by atoms with van der Waals surface area (Å²) in [5, 5.41) is 13.6. The molecule has 6 nitrogen and oxygen atoms in total. The van der Waals surface area contributed by atoms with E-state index in [1.807, 2.05) is 4.52 Å². The van der Waals surface area contributed by atoms with Crippen LogP contribution in [-0.2, 0) is 4.79 Å². The number of carboxylic acids is 1. The molecule has 1 aliphatic carbocycles. The number of rotatable bonds is 3. The summed E-state index contributed by atoms with van der Waals surface area (Å²) in [5.41, 5.74) is 2.38. The van der Waals surface area contributed by atoms with Gasteiger partial charge >= 0.3 is 5.97 Å². The van der Waals surface area contributed by atoms with E-state index in [1.165, 1.54) is 18.4 Å². The van der Waals surface area contributed by atoms with Crippen LogP contribution in [0.1, 0.15) is 44.1 Å². The van der Waals surface area contributed by atoms with E-state index in [-0.39, 0.29) is 12.0 Å². The number of aliphatic carboxylic acids is 1. The molecule has 1 aliphatic heterocycles. The Morgan fingerprint density at radius 3 is 2.83 bits per heavy atom. The minimum atomic E-state index is -0.687. The van der Waals surface area contributed by atoms with Gasteiger partial charge in [0.2, 0.25) is 0 Å². The van der Waals surface area contributed by atoms with Gasteiger partial charge in [0.25, 0.3) is 0 Å². The van der Waals surface area contributed by atoms with Crippen molar-refractivity contribution in [3.63, 3.8) is 0 Å².